The molecule has 0 saturated heterocycles. The van der Waals surface area contributed by atoms with E-state index in [-0.39, 0.29) is 5.56 Å². The molecule has 96 valence electrons. The molecule has 0 saturated carbocycles. The first-order valence-corrected chi connectivity index (χ1v) is 6.11. The van der Waals surface area contributed by atoms with Gasteiger partial charge in [-0.25, -0.2) is 8.78 Å². The zero-order valence-corrected chi connectivity index (χ0v) is 10.7. The summed E-state index contributed by atoms with van der Waals surface area (Å²) in [7, 11) is 0. The molecule has 2 atom stereocenters. The summed E-state index contributed by atoms with van der Waals surface area (Å²) in [5.74, 6) is -0.631. The SMILES string of the molecule is CC(C)CC(C)CC(N)c1cccc(F)c1F. The van der Waals surface area contributed by atoms with E-state index in [9.17, 15) is 8.78 Å². The molecule has 2 unspecified atom stereocenters. The molecule has 0 fully saturated rings. The second-order valence-corrected chi connectivity index (χ2v) is 5.22. The van der Waals surface area contributed by atoms with Crippen molar-refractivity contribution in [3.63, 3.8) is 0 Å². The highest BCUT2D eigenvalue weighted by molar-refractivity contribution is 5.22. The van der Waals surface area contributed by atoms with Crippen molar-refractivity contribution in [2.45, 2.75) is 39.7 Å². The summed E-state index contributed by atoms with van der Waals surface area (Å²) in [5, 5.41) is 0. The van der Waals surface area contributed by atoms with E-state index in [0.717, 1.165) is 12.5 Å². The molecule has 0 aliphatic heterocycles. The summed E-state index contributed by atoms with van der Waals surface area (Å²) in [6.45, 7) is 6.38. The van der Waals surface area contributed by atoms with Crippen LogP contribution in [0.5, 0.6) is 0 Å². The summed E-state index contributed by atoms with van der Waals surface area (Å²) in [6.07, 6.45) is 1.73. The van der Waals surface area contributed by atoms with Gasteiger partial charge < -0.3 is 5.73 Å². The van der Waals surface area contributed by atoms with Crippen molar-refractivity contribution < 1.29 is 8.78 Å². The van der Waals surface area contributed by atoms with Crippen LogP contribution in [0.15, 0.2) is 18.2 Å². The molecule has 0 heterocycles. The molecule has 0 aromatic heterocycles. The van der Waals surface area contributed by atoms with Gasteiger partial charge in [-0.3, -0.25) is 0 Å². The van der Waals surface area contributed by atoms with Crippen LogP contribution >= 0.6 is 0 Å². The molecule has 1 rings (SSSR count). The first-order chi connectivity index (χ1) is 7.91. The zero-order valence-electron chi connectivity index (χ0n) is 10.7. The maximum atomic E-state index is 13.5. The van der Waals surface area contributed by atoms with Crippen molar-refractivity contribution in [2.75, 3.05) is 0 Å². The van der Waals surface area contributed by atoms with E-state index < -0.39 is 17.7 Å². The minimum Gasteiger partial charge on any atom is -0.324 e. The Morgan fingerprint density at radius 3 is 2.35 bits per heavy atom. The van der Waals surface area contributed by atoms with Gasteiger partial charge in [-0.2, -0.15) is 0 Å². The molecular weight excluding hydrogens is 220 g/mol. The van der Waals surface area contributed by atoms with Gasteiger partial charge in [0.05, 0.1) is 0 Å². The number of halogens is 2. The van der Waals surface area contributed by atoms with Crippen LogP contribution in [0.4, 0.5) is 8.78 Å². The fraction of sp³-hybridized carbons (Fsp3) is 0.571. The second kappa shape index (κ2) is 6.10. The average molecular weight is 241 g/mol. The topological polar surface area (TPSA) is 26.0 Å². The molecule has 1 aromatic rings. The van der Waals surface area contributed by atoms with E-state index in [0.29, 0.717) is 18.3 Å². The number of hydrogen-bond donors (Lipinski definition) is 1. The van der Waals surface area contributed by atoms with Gasteiger partial charge in [0.1, 0.15) is 0 Å². The Morgan fingerprint density at radius 2 is 1.76 bits per heavy atom. The van der Waals surface area contributed by atoms with Gasteiger partial charge >= 0.3 is 0 Å². The quantitative estimate of drug-likeness (QED) is 0.827. The van der Waals surface area contributed by atoms with Gasteiger partial charge in [-0.1, -0.05) is 32.9 Å². The maximum absolute atomic E-state index is 13.5. The summed E-state index contributed by atoms with van der Waals surface area (Å²) < 4.78 is 26.6. The van der Waals surface area contributed by atoms with Gasteiger partial charge in [-0.15, -0.1) is 0 Å². The van der Waals surface area contributed by atoms with E-state index in [1.807, 2.05) is 0 Å². The van der Waals surface area contributed by atoms with Gasteiger partial charge in [0.2, 0.25) is 0 Å². The Kier molecular flexibility index (Phi) is 5.06. The zero-order chi connectivity index (χ0) is 13.0. The highest BCUT2D eigenvalue weighted by Gasteiger charge is 2.17. The molecule has 3 heteroatoms. The smallest absolute Gasteiger partial charge is 0.163 e. The maximum Gasteiger partial charge on any atom is 0.163 e. The molecule has 17 heavy (non-hydrogen) atoms. The van der Waals surface area contributed by atoms with Crippen molar-refractivity contribution in [3.05, 3.63) is 35.4 Å². The molecule has 0 bridgehead atoms. The number of benzene rings is 1. The van der Waals surface area contributed by atoms with E-state index >= 15 is 0 Å². The summed E-state index contributed by atoms with van der Waals surface area (Å²) in [4.78, 5) is 0. The van der Waals surface area contributed by atoms with Crippen molar-refractivity contribution in [1.29, 1.82) is 0 Å². The third-order valence-electron chi connectivity index (χ3n) is 2.91. The highest BCUT2D eigenvalue weighted by atomic mass is 19.2. The number of hydrogen-bond acceptors (Lipinski definition) is 1. The first-order valence-electron chi connectivity index (χ1n) is 6.11. The molecule has 0 aliphatic rings. The monoisotopic (exact) mass is 241 g/mol. The predicted molar refractivity (Wildman–Crippen MR) is 66.5 cm³/mol. The van der Waals surface area contributed by atoms with Crippen molar-refractivity contribution in [2.24, 2.45) is 17.6 Å². The van der Waals surface area contributed by atoms with Crippen molar-refractivity contribution >= 4 is 0 Å². The molecule has 1 nitrogen and oxygen atoms in total. The number of rotatable bonds is 5. The van der Waals surface area contributed by atoms with Crippen LogP contribution < -0.4 is 5.73 Å². The van der Waals surface area contributed by atoms with E-state index in [1.165, 1.54) is 6.07 Å². The van der Waals surface area contributed by atoms with Gasteiger partial charge in [0.25, 0.3) is 0 Å². The molecule has 0 aliphatic carbocycles. The normalized spacial score (nSPS) is 15.0. The van der Waals surface area contributed by atoms with Gasteiger partial charge in [-0.05, 0) is 30.7 Å². The van der Waals surface area contributed by atoms with Crippen LogP contribution in [-0.2, 0) is 0 Å². The van der Waals surface area contributed by atoms with Crippen LogP contribution in [0, 0.1) is 23.5 Å². The molecule has 0 amide bonds. The van der Waals surface area contributed by atoms with Gasteiger partial charge in [0, 0.05) is 11.6 Å². The molecular formula is C14H21F2N. The number of nitrogens with two attached hydrogens (primary N) is 1. The minimum atomic E-state index is -0.825. The fourth-order valence-corrected chi connectivity index (χ4v) is 2.27. The first kappa shape index (κ1) is 14.1. The Morgan fingerprint density at radius 1 is 1.12 bits per heavy atom. The largest absolute Gasteiger partial charge is 0.324 e. The third kappa shape index (κ3) is 4.08. The standard InChI is InChI=1S/C14H21F2N/c1-9(2)7-10(3)8-13(17)11-5-4-6-12(15)14(11)16/h4-6,9-10,13H,7-8,17H2,1-3H3. The Hall–Kier alpha value is -0.960. The molecule has 0 radical (unpaired) electrons. The van der Waals surface area contributed by atoms with Gasteiger partial charge in [0.15, 0.2) is 11.6 Å². The average Bonchev–Trinajstić information content (AvgIpc) is 2.20. The van der Waals surface area contributed by atoms with E-state index in [1.54, 1.807) is 6.07 Å². The third-order valence-corrected chi connectivity index (χ3v) is 2.91. The van der Waals surface area contributed by atoms with Crippen LogP contribution in [-0.4, -0.2) is 0 Å². The minimum absolute atomic E-state index is 0.278. The van der Waals surface area contributed by atoms with Crippen molar-refractivity contribution in [1.82, 2.24) is 0 Å². The molecule has 0 spiro atoms. The van der Waals surface area contributed by atoms with E-state index in [4.69, 9.17) is 5.73 Å². The fourth-order valence-electron chi connectivity index (χ4n) is 2.27. The lowest BCUT2D eigenvalue weighted by molar-refractivity contribution is 0.380. The van der Waals surface area contributed by atoms with E-state index in [2.05, 4.69) is 20.8 Å². The highest BCUT2D eigenvalue weighted by Crippen LogP contribution is 2.25. The molecule has 1 aromatic carbocycles. The lowest BCUT2D eigenvalue weighted by Gasteiger charge is -2.19. The Bertz CT molecular complexity index is 363. The predicted octanol–water partition coefficient (Wildman–Crippen LogP) is 4.04. The van der Waals surface area contributed by atoms with Crippen LogP contribution in [0.1, 0.15) is 45.2 Å². The van der Waals surface area contributed by atoms with Crippen molar-refractivity contribution in [3.8, 4) is 0 Å². The Labute approximate surface area is 102 Å². The summed E-state index contributed by atoms with van der Waals surface area (Å²) in [6, 6.07) is 3.74. The summed E-state index contributed by atoms with van der Waals surface area (Å²) >= 11 is 0. The lowest BCUT2D eigenvalue weighted by Crippen LogP contribution is -2.17. The van der Waals surface area contributed by atoms with Crippen LogP contribution in [0.25, 0.3) is 0 Å². The van der Waals surface area contributed by atoms with Crippen LogP contribution in [0.3, 0.4) is 0 Å². The summed E-state index contributed by atoms with van der Waals surface area (Å²) in [5.41, 5.74) is 6.21. The Balaban J connectivity index is 2.69. The van der Waals surface area contributed by atoms with Crippen LogP contribution in [0.2, 0.25) is 0 Å². The molecule has 2 N–H and O–H groups in total. The second-order valence-electron chi connectivity index (χ2n) is 5.22. The lowest BCUT2D eigenvalue weighted by atomic mass is 9.90.